The van der Waals surface area contributed by atoms with E-state index < -0.39 is 0 Å². The summed E-state index contributed by atoms with van der Waals surface area (Å²) in [4.78, 5) is 9.91. The fourth-order valence-electron chi connectivity index (χ4n) is 1.52. The molecule has 0 saturated heterocycles. The Bertz CT molecular complexity index is 713. The van der Waals surface area contributed by atoms with Gasteiger partial charge in [-0.05, 0) is 34.7 Å². The van der Waals surface area contributed by atoms with Gasteiger partial charge in [-0.1, -0.05) is 29.8 Å². The summed E-state index contributed by atoms with van der Waals surface area (Å²) in [5.74, 6) is 0.465. The molecule has 1 aromatic carbocycles. The van der Waals surface area contributed by atoms with Crippen LogP contribution >= 0.6 is 34.2 Å². The molecular weight excluding hydrogens is 377 g/mol. The number of benzene rings is 1. The highest BCUT2D eigenvalue weighted by molar-refractivity contribution is 14.1. The zero-order chi connectivity index (χ0) is 13.2. The molecular formula is C12H7ClIN5. The molecule has 0 bridgehead atoms. The highest BCUT2D eigenvalue weighted by Crippen LogP contribution is 2.19. The van der Waals surface area contributed by atoms with E-state index in [2.05, 4.69) is 42.8 Å². The van der Waals surface area contributed by atoms with Crippen LogP contribution in [-0.4, -0.2) is 25.0 Å². The van der Waals surface area contributed by atoms with Crippen molar-refractivity contribution in [3.8, 4) is 17.2 Å². The summed E-state index contributed by atoms with van der Waals surface area (Å²) < 4.78 is 0.804. The van der Waals surface area contributed by atoms with Gasteiger partial charge in [-0.15, -0.1) is 5.10 Å². The summed E-state index contributed by atoms with van der Waals surface area (Å²) in [6.07, 6.45) is 3.28. The Morgan fingerprint density at radius 1 is 1.11 bits per heavy atom. The van der Waals surface area contributed by atoms with Gasteiger partial charge in [0, 0.05) is 6.20 Å². The van der Waals surface area contributed by atoms with E-state index in [1.165, 1.54) is 4.80 Å². The molecule has 94 valence electrons. The Kier molecular flexibility index (Phi) is 3.43. The van der Waals surface area contributed by atoms with Crippen molar-refractivity contribution in [2.45, 2.75) is 0 Å². The molecule has 0 aliphatic carbocycles. The van der Waals surface area contributed by atoms with Crippen molar-refractivity contribution in [3.63, 3.8) is 0 Å². The van der Waals surface area contributed by atoms with E-state index in [0.29, 0.717) is 16.7 Å². The van der Waals surface area contributed by atoms with Gasteiger partial charge in [0.25, 0.3) is 0 Å². The molecule has 19 heavy (non-hydrogen) atoms. The Morgan fingerprint density at radius 2 is 1.89 bits per heavy atom. The largest absolute Gasteiger partial charge is 0.234 e. The summed E-state index contributed by atoms with van der Waals surface area (Å²) in [5.41, 5.74) is 1.47. The lowest BCUT2D eigenvalue weighted by molar-refractivity contribution is 0.752. The quantitative estimate of drug-likeness (QED) is 0.504. The Labute approximate surface area is 127 Å². The van der Waals surface area contributed by atoms with Crippen LogP contribution in [0.4, 0.5) is 0 Å². The van der Waals surface area contributed by atoms with Crippen molar-refractivity contribution in [1.29, 1.82) is 0 Å². The lowest BCUT2D eigenvalue weighted by atomic mass is 10.3. The number of nitrogens with zero attached hydrogens (tertiary/aromatic N) is 5. The summed E-state index contributed by atoms with van der Waals surface area (Å²) in [6.45, 7) is 0. The van der Waals surface area contributed by atoms with Crippen LogP contribution < -0.4 is 0 Å². The Morgan fingerprint density at radius 3 is 2.63 bits per heavy atom. The summed E-state index contributed by atoms with van der Waals surface area (Å²) in [5, 5.41) is 8.95. The molecule has 0 N–H and O–H groups in total. The maximum atomic E-state index is 5.97. The van der Waals surface area contributed by atoms with Crippen LogP contribution in [0.5, 0.6) is 0 Å². The molecule has 0 aliphatic rings. The standard InChI is InChI=1S/C12H7ClIN5/c13-11-9(14)6-15-12(17-11)10-7-16-19(18-10)8-4-2-1-3-5-8/h1-7H. The van der Waals surface area contributed by atoms with Crippen molar-refractivity contribution in [2.75, 3.05) is 0 Å². The number of halogens is 2. The lowest BCUT2D eigenvalue weighted by Crippen LogP contribution is -1.98. The highest BCUT2D eigenvalue weighted by Gasteiger charge is 2.09. The van der Waals surface area contributed by atoms with Gasteiger partial charge in [0.2, 0.25) is 0 Å². The molecule has 0 spiro atoms. The van der Waals surface area contributed by atoms with Crippen molar-refractivity contribution >= 4 is 34.2 Å². The van der Waals surface area contributed by atoms with Crippen molar-refractivity contribution in [1.82, 2.24) is 25.0 Å². The maximum absolute atomic E-state index is 5.97. The molecule has 7 heteroatoms. The second-order valence-corrected chi connectivity index (χ2v) is 5.21. The first-order valence-corrected chi connectivity index (χ1v) is 6.86. The van der Waals surface area contributed by atoms with Gasteiger partial charge in [-0.3, -0.25) is 0 Å². The molecule has 0 amide bonds. The van der Waals surface area contributed by atoms with E-state index >= 15 is 0 Å². The molecule has 0 fully saturated rings. The molecule has 0 aliphatic heterocycles. The van der Waals surface area contributed by atoms with Gasteiger partial charge < -0.3 is 0 Å². The molecule has 3 aromatic rings. The molecule has 2 heterocycles. The Hall–Kier alpha value is -1.54. The van der Waals surface area contributed by atoms with Crippen LogP contribution in [0, 0.1) is 3.57 Å². The average Bonchev–Trinajstić information content (AvgIpc) is 2.93. The first-order chi connectivity index (χ1) is 9.24. The second kappa shape index (κ2) is 5.22. The van der Waals surface area contributed by atoms with Crippen LogP contribution in [-0.2, 0) is 0 Å². The third-order valence-electron chi connectivity index (χ3n) is 2.41. The van der Waals surface area contributed by atoms with E-state index in [-0.39, 0.29) is 0 Å². The second-order valence-electron chi connectivity index (χ2n) is 3.69. The molecule has 3 rings (SSSR count). The normalized spacial score (nSPS) is 10.6. The SMILES string of the molecule is Clc1nc(-c2cnn(-c3ccccc3)n2)ncc1I. The average molecular weight is 384 g/mol. The molecule has 0 unspecified atom stereocenters. The highest BCUT2D eigenvalue weighted by atomic mass is 127. The van der Waals surface area contributed by atoms with E-state index in [0.717, 1.165) is 9.26 Å². The topological polar surface area (TPSA) is 56.5 Å². The van der Waals surface area contributed by atoms with Crippen molar-refractivity contribution < 1.29 is 0 Å². The van der Waals surface area contributed by atoms with E-state index in [4.69, 9.17) is 11.6 Å². The first kappa shape index (κ1) is 12.5. The van der Waals surface area contributed by atoms with Crippen molar-refractivity contribution in [3.05, 3.63) is 51.4 Å². The fourth-order valence-corrected chi connectivity index (χ4v) is 1.91. The summed E-state index contributed by atoms with van der Waals surface area (Å²) >= 11 is 8.05. The van der Waals surface area contributed by atoms with Gasteiger partial charge in [0.1, 0.15) is 5.15 Å². The van der Waals surface area contributed by atoms with Gasteiger partial charge in [-0.25, -0.2) is 9.97 Å². The zero-order valence-electron chi connectivity index (χ0n) is 9.53. The minimum atomic E-state index is 0.417. The maximum Gasteiger partial charge on any atom is 0.183 e. The number of hydrogen-bond acceptors (Lipinski definition) is 4. The van der Waals surface area contributed by atoms with Crippen LogP contribution in [0.1, 0.15) is 0 Å². The third kappa shape index (κ3) is 2.59. The van der Waals surface area contributed by atoms with Crippen molar-refractivity contribution in [2.24, 2.45) is 0 Å². The fraction of sp³-hybridized carbons (Fsp3) is 0. The molecule has 0 atom stereocenters. The van der Waals surface area contributed by atoms with Crippen LogP contribution in [0.15, 0.2) is 42.7 Å². The Balaban J connectivity index is 1.99. The smallest absolute Gasteiger partial charge is 0.183 e. The lowest BCUT2D eigenvalue weighted by Gasteiger charge is -1.98. The van der Waals surface area contributed by atoms with Gasteiger partial charge in [-0.2, -0.15) is 9.90 Å². The zero-order valence-corrected chi connectivity index (χ0v) is 12.4. The van der Waals surface area contributed by atoms with Crippen LogP contribution in [0.3, 0.4) is 0 Å². The van der Waals surface area contributed by atoms with E-state index in [1.54, 1.807) is 12.4 Å². The van der Waals surface area contributed by atoms with Crippen LogP contribution in [0.25, 0.3) is 17.2 Å². The molecule has 0 radical (unpaired) electrons. The first-order valence-electron chi connectivity index (χ1n) is 5.40. The third-order valence-corrected chi connectivity index (χ3v) is 3.81. The number of aromatic nitrogens is 5. The molecule has 2 aromatic heterocycles. The minimum absolute atomic E-state index is 0.417. The van der Waals surface area contributed by atoms with E-state index in [1.807, 2.05) is 30.3 Å². The molecule has 5 nitrogen and oxygen atoms in total. The number of para-hydroxylation sites is 1. The summed E-state index contributed by atoms with van der Waals surface area (Å²) in [7, 11) is 0. The van der Waals surface area contributed by atoms with Crippen LogP contribution in [0.2, 0.25) is 5.15 Å². The van der Waals surface area contributed by atoms with E-state index in [9.17, 15) is 0 Å². The predicted octanol–water partition coefficient (Wildman–Crippen LogP) is 2.98. The summed E-state index contributed by atoms with van der Waals surface area (Å²) in [6, 6.07) is 9.64. The van der Waals surface area contributed by atoms with Gasteiger partial charge in [0.05, 0.1) is 15.5 Å². The number of rotatable bonds is 2. The minimum Gasteiger partial charge on any atom is -0.234 e. The molecule has 0 saturated carbocycles. The van der Waals surface area contributed by atoms with Gasteiger partial charge >= 0.3 is 0 Å². The monoisotopic (exact) mass is 383 g/mol. The predicted molar refractivity (Wildman–Crippen MR) is 80.1 cm³/mol. The number of hydrogen-bond donors (Lipinski definition) is 0. The van der Waals surface area contributed by atoms with Gasteiger partial charge in [0.15, 0.2) is 11.5 Å².